The predicted octanol–water partition coefficient (Wildman–Crippen LogP) is 1.59. The largest absolute Gasteiger partial charge is 0.523 e. The van der Waals surface area contributed by atoms with Gasteiger partial charge in [0.05, 0.1) is 4.90 Å². The molecule has 0 fully saturated rings. The Balaban J connectivity index is 2.92. The first-order chi connectivity index (χ1) is 8.46. The Morgan fingerprint density at radius 3 is 1.95 bits per heavy atom. The van der Waals surface area contributed by atoms with Gasteiger partial charge in [-0.2, -0.15) is 21.6 Å². The van der Waals surface area contributed by atoms with Gasteiger partial charge in [-0.25, -0.2) is 12.6 Å². The summed E-state index contributed by atoms with van der Waals surface area (Å²) in [5.74, 6) is -1.60. The van der Waals surface area contributed by atoms with Crippen LogP contribution in [0.25, 0.3) is 0 Å². The number of aryl methyl sites for hydroxylation is 1. The monoisotopic (exact) mass is 318 g/mol. The summed E-state index contributed by atoms with van der Waals surface area (Å²) in [6.07, 6.45) is 0. The van der Waals surface area contributed by atoms with Gasteiger partial charge in [0.15, 0.2) is 5.94 Å². The van der Waals surface area contributed by atoms with E-state index in [0.717, 1.165) is 17.7 Å². The Labute approximate surface area is 108 Å². The maximum atomic E-state index is 12.0. The highest BCUT2D eigenvalue weighted by atomic mass is 32.2. The van der Waals surface area contributed by atoms with Gasteiger partial charge in [-0.1, -0.05) is 17.7 Å². The lowest BCUT2D eigenvalue weighted by molar-refractivity contribution is -0.0530. The Morgan fingerprint density at radius 2 is 1.53 bits per heavy atom. The molecule has 0 atom stereocenters. The van der Waals surface area contributed by atoms with Crippen molar-refractivity contribution in [2.24, 2.45) is 0 Å². The smallest absolute Gasteiger partial charge is 0.246 e. The fraction of sp³-hybridized carbons (Fsp3) is 0.333. The first-order valence-corrected chi connectivity index (χ1v) is 7.77. The van der Waals surface area contributed by atoms with Crippen molar-refractivity contribution in [2.75, 3.05) is 5.94 Å². The summed E-state index contributed by atoms with van der Waals surface area (Å²) in [7, 11) is -10.2. The third-order valence-corrected chi connectivity index (χ3v) is 4.58. The lowest BCUT2D eigenvalue weighted by atomic mass is 10.2. The lowest BCUT2D eigenvalue weighted by Gasteiger charge is -2.09. The maximum absolute atomic E-state index is 12.0. The second-order valence-corrected chi connectivity index (χ2v) is 7.11. The van der Waals surface area contributed by atoms with Gasteiger partial charge in [-0.05, 0) is 19.1 Å². The van der Waals surface area contributed by atoms with Gasteiger partial charge in [-0.15, -0.1) is 0 Å². The quantitative estimate of drug-likeness (QED) is 0.622. The zero-order valence-electron chi connectivity index (χ0n) is 9.51. The van der Waals surface area contributed by atoms with Crippen molar-refractivity contribution < 1.29 is 34.2 Å². The van der Waals surface area contributed by atoms with Gasteiger partial charge in [0.2, 0.25) is 9.84 Å². The highest BCUT2D eigenvalue weighted by Crippen LogP contribution is 2.25. The molecule has 10 heteroatoms. The Kier molecular flexibility index (Phi) is 4.27. The summed E-state index contributed by atoms with van der Waals surface area (Å²) in [4.78, 5) is -0.324. The topological polar surface area (TPSA) is 77.5 Å². The van der Waals surface area contributed by atoms with Crippen LogP contribution < -0.4 is 0 Å². The molecule has 0 heterocycles. The van der Waals surface area contributed by atoms with Crippen molar-refractivity contribution in [3.63, 3.8) is 0 Å². The van der Waals surface area contributed by atoms with E-state index in [-0.39, 0.29) is 4.90 Å². The molecule has 108 valence electrons. The van der Waals surface area contributed by atoms with E-state index in [1.165, 1.54) is 12.1 Å². The number of hydrogen-bond donors (Lipinski definition) is 0. The van der Waals surface area contributed by atoms with Crippen LogP contribution in [0.3, 0.4) is 0 Å². The van der Waals surface area contributed by atoms with Crippen molar-refractivity contribution in [3.05, 3.63) is 29.8 Å². The molecule has 0 unspecified atom stereocenters. The Hall–Kier alpha value is -1.13. The van der Waals surface area contributed by atoms with Crippen molar-refractivity contribution in [1.29, 1.82) is 0 Å². The first-order valence-electron chi connectivity index (χ1n) is 4.71. The number of hydrogen-bond acceptors (Lipinski definition) is 5. The zero-order chi connectivity index (χ0) is 14.9. The molecule has 1 rings (SSSR count). The summed E-state index contributed by atoms with van der Waals surface area (Å²) >= 11 is 0. The summed E-state index contributed by atoms with van der Waals surface area (Å²) < 4.78 is 83.6. The Morgan fingerprint density at radius 1 is 1.05 bits per heavy atom. The van der Waals surface area contributed by atoms with Crippen LogP contribution in [0.2, 0.25) is 0 Å². The fourth-order valence-electron chi connectivity index (χ4n) is 1.01. The molecule has 0 aliphatic rings. The minimum Gasteiger partial charge on any atom is -0.246 e. The van der Waals surface area contributed by atoms with Crippen LogP contribution in [0.15, 0.2) is 29.2 Å². The normalized spacial score (nSPS) is 13.5. The summed E-state index contributed by atoms with van der Waals surface area (Å²) in [6.45, 7) is 1.68. The third-order valence-electron chi connectivity index (χ3n) is 2.02. The van der Waals surface area contributed by atoms with Crippen LogP contribution in [0.4, 0.5) is 13.2 Å². The summed E-state index contributed by atoms with van der Waals surface area (Å²) in [5, 5.41) is 0. The van der Waals surface area contributed by atoms with Gasteiger partial charge >= 0.3 is 15.6 Å². The highest BCUT2D eigenvalue weighted by molar-refractivity contribution is 7.92. The minimum absolute atomic E-state index is 0.324. The molecule has 0 bridgehead atoms. The number of rotatable bonds is 4. The molecule has 1 aromatic rings. The van der Waals surface area contributed by atoms with E-state index in [2.05, 4.69) is 4.18 Å². The average Bonchev–Trinajstić information content (AvgIpc) is 2.26. The number of halogens is 3. The molecule has 5 nitrogen and oxygen atoms in total. The molecular formula is C9H9F3O5S2. The second kappa shape index (κ2) is 5.10. The second-order valence-electron chi connectivity index (χ2n) is 3.56. The van der Waals surface area contributed by atoms with Crippen LogP contribution in [-0.4, -0.2) is 28.3 Å². The first kappa shape index (κ1) is 15.9. The molecule has 0 saturated heterocycles. The van der Waals surface area contributed by atoms with Crippen molar-refractivity contribution in [1.82, 2.24) is 0 Å². The molecule has 0 amide bonds. The molecule has 0 radical (unpaired) electrons. The molecule has 1 aromatic carbocycles. The standard InChI is InChI=1S/C9H9F3O5S2/c1-7-2-4-8(5-3-7)18(13,14)6-17-19(15,16)9(10,11)12/h2-5H,6H2,1H3. The SMILES string of the molecule is Cc1ccc(S(=O)(=O)COS(=O)(=O)C(F)(F)F)cc1. The van der Waals surface area contributed by atoms with Crippen LogP contribution in [-0.2, 0) is 24.1 Å². The van der Waals surface area contributed by atoms with Gasteiger partial charge in [0.1, 0.15) is 0 Å². The van der Waals surface area contributed by atoms with Gasteiger partial charge in [0.25, 0.3) is 0 Å². The number of sulfone groups is 1. The zero-order valence-corrected chi connectivity index (χ0v) is 11.1. The minimum atomic E-state index is -5.93. The van der Waals surface area contributed by atoms with Gasteiger partial charge < -0.3 is 0 Å². The van der Waals surface area contributed by atoms with Crippen LogP contribution in [0.1, 0.15) is 5.56 Å². The van der Waals surface area contributed by atoms with Gasteiger partial charge in [-0.3, -0.25) is 0 Å². The fourth-order valence-corrected chi connectivity index (χ4v) is 2.84. The Bertz CT molecular complexity index is 644. The van der Waals surface area contributed by atoms with Crippen molar-refractivity contribution >= 4 is 20.0 Å². The summed E-state index contributed by atoms with van der Waals surface area (Å²) in [5.41, 5.74) is -4.92. The van der Waals surface area contributed by atoms with Crippen molar-refractivity contribution in [3.8, 4) is 0 Å². The molecule has 0 aliphatic heterocycles. The van der Waals surface area contributed by atoms with Crippen LogP contribution in [0.5, 0.6) is 0 Å². The van der Waals surface area contributed by atoms with Gasteiger partial charge in [0, 0.05) is 0 Å². The average molecular weight is 318 g/mol. The molecule has 0 aliphatic carbocycles. The number of alkyl halides is 3. The molecule has 0 spiro atoms. The lowest BCUT2D eigenvalue weighted by Crippen LogP contribution is -2.27. The third kappa shape index (κ3) is 3.91. The van der Waals surface area contributed by atoms with Crippen LogP contribution in [0, 0.1) is 6.92 Å². The molecular weight excluding hydrogens is 309 g/mol. The summed E-state index contributed by atoms with van der Waals surface area (Å²) in [6, 6.07) is 5.14. The van der Waals surface area contributed by atoms with Crippen LogP contribution >= 0.6 is 0 Å². The maximum Gasteiger partial charge on any atom is 0.523 e. The molecule has 0 aromatic heterocycles. The van der Waals surface area contributed by atoms with E-state index < -0.39 is 31.4 Å². The van der Waals surface area contributed by atoms with E-state index >= 15 is 0 Å². The molecule has 0 N–H and O–H groups in total. The predicted molar refractivity (Wildman–Crippen MR) is 59.3 cm³/mol. The number of benzene rings is 1. The van der Waals surface area contributed by atoms with E-state index in [1.54, 1.807) is 6.92 Å². The van der Waals surface area contributed by atoms with E-state index in [9.17, 15) is 30.0 Å². The van der Waals surface area contributed by atoms with E-state index in [0.29, 0.717) is 0 Å². The van der Waals surface area contributed by atoms with Crippen molar-refractivity contribution in [2.45, 2.75) is 17.3 Å². The highest BCUT2D eigenvalue weighted by Gasteiger charge is 2.48. The molecule has 19 heavy (non-hydrogen) atoms. The van der Waals surface area contributed by atoms with E-state index in [1.807, 2.05) is 0 Å². The molecule has 0 saturated carbocycles. The van der Waals surface area contributed by atoms with E-state index in [4.69, 9.17) is 0 Å².